The molecule has 0 spiro atoms. The second-order valence-corrected chi connectivity index (χ2v) is 18.3. The number of amides is 4. The Balaban J connectivity index is 0.912. The Hall–Kier alpha value is -6.71. The fourth-order valence-electron chi connectivity index (χ4n) is 10.2. The second kappa shape index (κ2) is 19.5. The van der Waals surface area contributed by atoms with Gasteiger partial charge in [-0.25, -0.2) is 9.18 Å². The molecule has 0 radical (unpaired) electrons. The highest BCUT2D eigenvalue weighted by Gasteiger charge is 2.40. The van der Waals surface area contributed by atoms with Crippen LogP contribution in [0.3, 0.4) is 0 Å². The van der Waals surface area contributed by atoms with Crippen molar-refractivity contribution in [3.05, 3.63) is 123 Å². The highest BCUT2D eigenvalue weighted by atomic mass is 35.5. The van der Waals surface area contributed by atoms with Crippen molar-refractivity contribution in [3.8, 4) is 11.5 Å². The number of piperidine rings is 1. The van der Waals surface area contributed by atoms with E-state index in [4.69, 9.17) is 21.1 Å². The van der Waals surface area contributed by atoms with Crippen molar-refractivity contribution < 1.29 is 42.9 Å². The van der Waals surface area contributed by atoms with Crippen molar-refractivity contribution in [2.75, 3.05) is 59.5 Å². The van der Waals surface area contributed by atoms with Crippen molar-refractivity contribution in [1.82, 2.24) is 29.5 Å². The summed E-state index contributed by atoms with van der Waals surface area (Å²) in [6.07, 6.45) is 4.39. The Morgan fingerprint density at radius 3 is 2.46 bits per heavy atom. The average molecular weight is 945 g/mol. The van der Waals surface area contributed by atoms with E-state index in [1.165, 1.54) is 17.0 Å². The predicted molar refractivity (Wildman–Crippen MR) is 256 cm³/mol. The van der Waals surface area contributed by atoms with E-state index in [1.54, 1.807) is 29.2 Å². The standard InChI is InChI=1S/C52H54ClFN6O8/c1-31-8-6-20-56(3)32(2)46(31)47-40(53)17-16-37-36(11-7-27-67-42-12-4-9-33-28-34(54)14-15-35(33)42)49(52(65)66)59(48(37)47)26-23-57-21-24-58(25-22-57)45(62)30-68-43-13-5-10-38-39(43)29-60(51(38)64)41-18-19-44(61)55-50(41)63/h4-5,8-10,12-17,28,41H,6-7,11,18-27,29-30H2,1-3H3,(H,65,66)(H,55,61,63). The minimum atomic E-state index is -1.04. The van der Waals surface area contributed by atoms with Crippen molar-refractivity contribution in [2.24, 2.45) is 0 Å². The van der Waals surface area contributed by atoms with Gasteiger partial charge in [0.25, 0.3) is 11.8 Å². The first-order valence-electron chi connectivity index (χ1n) is 23.2. The van der Waals surface area contributed by atoms with E-state index in [1.807, 2.05) is 34.9 Å². The molecule has 9 rings (SSSR count). The van der Waals surface area contributed by atoms with Gasteiger partial charge in [0, 0.05) is 98.0 Å². The number of rotatable bonds is 14. The number of imide groups is 1. The minimum Gasteiger partial charge on any atom is -0.493 e. The van der Waals surface area contributed by atoms with Crippen LogP contribution in [0.5, 0.6) is 11.5 Å². The molecule has 68 heavy (non-hydrogen) atoms. The highest BCUT2D eigenvalue weighted by molar-refractivity contribution is 6.34. The molecular formula is C52H54ClFN6O8. The molecule has 4 aromatic carbocycles. The number of hydrogen-bond donors (Lipinski definition) is 2. The normalized spacial score (nSPS) is 18.0. The van der Waals surface area contributed by atoms with Crippen LogP contribution < -0.4 is 14.8 Å². The fourth-order valence-corrected chi connectivity index (χ4v) is 10.5. The number of carboxylic acid groups (broad SMARTS) is 1. The monoisotopic (exact) mass is 944 g/mol. The summed E-state index contributed by atoms with van der Waals surface area (Å²) in [6.45, 7) is 8.04. The highest BCUT2D eigenvalue weighted by Crippen LogP contribution is 2.42. The van der Waals surface area contributed by atoms with E-state index < -0.39 is 17.9 Å². The Morgan fingerprint density at radius 2 is 1.68 bits per heavy atom. The minimum absolute atomic E-state index is 0.133. The van der Waals surface area contributed by atoms with Gasteiger partial charge >= 0.3 is 5.97 Å². The second-order valence-electron chi connectivity index (χ2n) is 17.9. The predicted octanol–water partition coefficient (Wildman–Crippen LogP) is 7.29. The van der Waals surface area contributed by atoms with Gasteiger partial charge in [0.15, 0.2) is 6.61 Å². The smallest absolute Gasteiger partial charge is 0.352 e. The van der Waals surface area contributed by atoms with Crippen LogP contribution in [0.4, 0.5) is 4.39 Å². The lowest BCUT2D eigenvalue weighted by Gasteiger charge is -2.35. The molecule has 4 aliphatic heterocycles. The molecule has 14 nitrogen and oxygen atoms in total. The van der Waals surface area contributed by atoms with Crippen molar-refractivity contribution >= 4 is 68.4 Å². The lowest BCUT2D eigenvalue weighted by atomic mass is 9.93. The molecule has 0 aliphatic carbocycles. The van der Waals surface area contributed by atoms with Gasteiger partial charge in [0.2, 0.25) is 11.8 Å². The molecule has 5 aromatic rings. The molecule has 4 amide bonds. The molecule has 1 aromatic heterocycles. The number of carbonyl (C=O) groups excluding carboxylic acids is 4. The van der Waals surface area contributed by atoms with Crippen LogP contribution >= 0.6 is 11.6 Å². The van der Waals surface area contributed by atoms with Crippen molar-refractivity contribution in [2.45, 2.75) is 65.1 Å². The number of nitrogens with zero attached hydrogens (tertiary/aromatic N) is 5. The molecule has 2 N–H and O–H groups in total. The molecule has 1 unspecified atom stereocenters. The summed E-state index contributed by atoms with van der Waals surface area (Å²) in [6, 6.07) is 18.2. The number of piperazine rings is 1. The molecule has 2 fully saturated rings. The summed E-state index contributed by atoms with van der Waals surface area (Å²) in [5.74, 6) is -1.73. The number of aromatic carboxylic acids is 1. The molecule has 0 bridgehead atoms. The Morgan fingerprint density at radius 1 is 0.912 bits per heavy atom. The number of carboxylic acids is 1. The number of carbonyl (C=O) groups is 5. The molecule has 0 saturated carbocycles. The maximum atomic E-state index is 14.0. The number of fused-ring (bicyclic) bond motifs is 3. The third-order valence-electron chi connectivity index (χ3n) is 13.9. The van der Waals surface area contributed by atoms with Crippen molar-refractivity contribution in [3.63, 3.8) is 0 Å². The van der Waals surface area contributed by atoms with Gasteiger partial charge in [-0.2, -0.15) is 0 Å². The largest absolute Gasteiger partial charge is 0.493 e. The number of allylic oxidation sites excluding steroid dienone is 3. The van der Waals surface area contributed by atoms with Crippen LogP contribution in [0.25, 0.3) is 27.2 Å². The van der Waals surface area contributed by atoms with Crippen LogP contribution in [0, 0.1) is 5.82 Å². The quantitative estimate of drug-likeness (QED) is 0.0857. The summed E-state index contributed by atoms with van der Waals surface area (Å²) in [5, 5.41) is 16.2. The van der Waals surface area contributed by atoms with Gasteiger partial charge in [-0.3, -0.25) is 29.4 Å². The Bertz CT molecular complexity index is 2940. The first-order chi connectivity index (χ1) is 32.8. The van der Waals surface area contributed by atoms with Crippen molar-refractivity contribution in [1.29, 1.82) is 0 Å². The van der Waals surface area contributed by atoms with E-state index in [0.717, 1.165) is 57.0 Å². The van der Waals surface area contributed by atoms with Crippen LogP contribution in [0.15, 0.2) is 84.1 Å². The average Bonchev–Trinajstić information content (AvgIpc) is 3.79. The van der Waals surface area contributed by atoms with Crippen LogP contribution in [0.1, 0.15) is 77.1 Å². The molecule has 4 aliphatic rings. The number of aromatic nitrogens is 1. The lowest BCUT2D eigenvalue weighted by molar-refractivity contribution is -0.137. The Kier molecular flexibility index (Phi) is 13.3. The van der Waals surface area contributed by atoms with E-state index in [2.05, 4.69) is 42.1 Å². The van der Waals surface area contributed by atoms with E-state index in [9.17, 15) is 33.5 Å². The SMILES string of the molecule is CC1=CCCN(C)C(C)=C1c1c(Cl)ccc2c(CCCOc3cccc4cc(F)ccc34)c(C(=O)O)n(CCN3CCN(C(=O)COc4cccc5c4CN(C4CCC(=O)NC4=O)C5=O)CC3)c12. The topological polar surface area (TPSA) is 154 Å². The molecule has 1 atom stereocenters. The van der Waals surface area contributed by atoms with E-state index >= 15 is 0 Å². The van der Waals surface area contributed by atoms with Gasteiger partial charge in [0.1, 0.15) is 29.1 Å². The number of ether oxygens (including phenoxy) is 2. The zero-order valence-corrected chi connectivity index (χ0v) is 39.2. The molecular weight excluding hydrogens is 891 g/mol. The molecule has 2 saturated heterocycles. The van der Waals surface area contributed by atoms with Crippen LogP contribution in [-0.4, -0.2) is 124 Å². The molecule has 5 heterocycles. The summed E-state index contributed by atoms with van der Waals surface area (Å²) in [4.78, 5) is 72.3. The van der Waals surface area contributed by atoms with E-state index in [0.29, 0.717) is 91.9 Å². The Labute approximate surface area is 398 Å². The number of benzene rings is 4. The number of halogens is 2. The summed E-state index contributed by atoms with van der Waals surface area (Å²) in [5.41, 5.74) is 6.55. The summed E-state index contributed by atoms with van der Waals surface area (Å²) >= 11 is 7.19. The van der Waals surface area contributed by atoms with Gasteiger partial charge < -0.3 is 33.8 Å². The summed E-state index contributed by atoms with van der Waals surface area (Å²) in [7, 11) is 2.06. The lowest BCUT2D eigenvalue weighted by Crippen LogP contribution is -2.52. The zero-order chi connectivity index (χ0) is 47.8. The maximum absolute atomic E-state index is 14.0. The first kappa shape index (κ1) is 46.4. The van der Waals surface area contributed by atoms with E-state index in [-0.39, 0.29) is 55.2 Å². The van der Waals surface area contributed by atoms with Gasteiger partial charge in [-0.15, -0.1) is 0 Å². The third-order valence-corrected chi connectivity index (χ3v) is 14.2. The number of hydrogen-bond acceptors (Lipinski definition) is 9. The molecule has 16 heteroatoms. The van der Waals surface area contributed by atoms with Gasteiger partial charge in [-0.05, 0) is 98.5 Å². The number of aryl methyl sites for hydroxylation is 1. The molecule has 354 valence electrons. The van der Waals surface area contributed by atoms with Crippen LogP contribution in [-0.2, 0) is 33.9 Å². The first-order valence-corrected chi connectivity index (χ1v) is 23.5. The van der Waals surface area contributed by atoms with Crippen LogP contribution in [0.2, 0.25) is 5.02 Å². The zero-order valence-electron chi connectivity index (χ0n) is 38.4. The third kappa shape index (κ3) is 9.04. The number of nitrogens with one attached hydrogen (secondary N) is 1. The van der Waals surface area contributed by atoms with Gasteiger partial charge in [-0.1, -0.05) is 41.9 Å². The maximum Gasteiger partial charge on any atom is 0.352 e. The fraction of sp³-hybridized carbons (Fsp3) is 0.365. The summed E-state index contributed by atoms with van der Waals surface area (Å²) < 4.78 is 28.2. The van der Waals surface area contributed by atoms with Gasteiger partial charge in [0.05, 0.1) is 23.7 Å².